The van der Waals surface area contributed by atoms with Gasteiger partial charge in [-0.15, -0.1) is 0 Å². The molecule has 6 heteroatoms. The van der Waals surface area contributed by atoms with E-state index in [2.05, 4.69) is 0 Å². The lowest BCUT2D eigenvalue weighted by molar-refractivity contribution is -0.139. The van der Waals surface area contributed by atoms with Gasteiger partial charge in [-0.1, -0.05) is 29.8 Å². The van der Waals surface area contributed by atoms with Gasteiger partial charge in [-0.05, 0) is 12.1 Å². The third-order valence-electron chi connectivity index (χ3n) is 2.08. The van der Waals surface area contributed by atoms with E-state index >= 15 is 0 Å². The van der Waals surface area contributed by atoms with E-state index in [4.69, 9.17) is 16.7 Å². The maximum atomic E-state index is 11.9. The van der Waals surface area contributed by atoms with Crippen LogP contribution in [0.15, 0.2) is 35.2 Å². The summed E-state index contributed by atoms with van der Waals surface area (Å²) in [5.41, 5.74) is 0. The summed E-state index contributed by atoms with van der Waals surface area (Å²) >= 11 is 4.44. The molecule has 1 aromatic carbocycles. The largest absolute Gasteiger partial charge is 0.610 e. The van der Waals surface area contributed by atoms with Gasteiger partial charge in [0.05, 0.1) is 12.5 Å². The minimum absolute atomic E-state index is 0.0185. The van der Waals surface area contributed by atoms with Crippen LogP contribution in [0.2, 0.25) is 0 Å². The van der Waals surface area contributed by atoms with Gasteiger partial charge < -0.3 is 14.8 Å². The molecule has 94 valence electrons. The molecule has 0 heterocycles. The lowest BCUT2D eigenvalue weighted by Crippen LogP contribution is -2.23. The Kier molecular flexibility index (Phi) is 5.77. The van der Waals surface area contributed by atoms with Gasteiger partial charge in [-0.25, -0.2) is 0 Å². The van der Waals surface area contributed by atoms with Crippen molar-refractivity contribution in [1.29, 1.82) is 0 Å². The Morgan fingerprint density at radius 1 is 1.41 bits per heavy atom. The van der Waals surface area contributed by atoms with E-state index in [-0.39, 0.29) is 6.42 Å². The van der Waals surface area contributed by atoms with Gasteiger partial charge in [-0.3, -0.25) is 4.79 Å². The molecule has 3 atom stereocenters. The van der Waals surface area contributed by atoms with E-state index in [9.17, 15) is 14.5 Å². The van der Waals surface area contributed by atoms with E-state index in [1.807, 2.05) is 0 Å². The lowest BCUT2D eigenvalue weighted by atomic mass is 10.2. The average Bonchev–Trinajstić information content (AvgIpc) is 2.28. The molecular weight excluding hydrogens is 264 g/mol. The molecule has 0 aromatic heterocycles. The second-order valence-corrected chi connectivity index (χ2v) is 5.93. The van der Waals surface area contributed by atoms with Crippen molar-refractivity contribution in [3.8, 4) is 0 Å². The van der Waals surface area contributed by atoms with E-state index < -0.39 is 34.4 Å². The van der Waals surface area contributed by atoms with Crippen LogP contribution in [-0.4, -0.2) is 31.5 Å². The molecule has 0 amide bonds. The van der Waals surface area contributed by atoms with Crippen molar-refractivity contribution in [3.63, 3.8) is 0 Å². The molecule has 3 unspecified atom stereocenters. The fourth-order valence-electron chi connectivity index (χ4n) is 1.29. The van der Waals surface area contributed by atoms with Crippen molar-refractivity contribution < 1.29 is 19.6 Å². The normalized spacial score (nSPS) is 16.2. The molecule has 0 aliphatic rings. The number of benzene rings is 1. The number of carboxylic acids is 1. The van der Waals surface area contributed by atoms with Gasteiger partial charge in [0.15, 0.2) is 9.60 Å². The Morgan fingerprint density at radius 3 is 2.53 bits per heavy atom. The Hall–Kier alpha value is -0.750. The second-order valence-electron chi connectivity index (χ2n) is 3.51. The molecule has 0 fully saturated rings. The van der Waals surface area contributed by atoms with Crippen LogP contribution in [0.25, 0.3) is 0 Å². The molecule has 0 spiro atoms. The van der Waals surface area contributed by atoms with Crippen molar-refractivity contribution >= 4 is 28.7 Å². The van der Waals surface area contributed by atoms with Crippen LogP contribution in [0.3, 0.4) is 0 Å². The molecule has 0 bridgehead atoms. The fraction of sp³-hybridized carbons (Fsp3) is 0.364. The lowest BCUT2D eigenvalue weighted by Gasteiger charge is -2.17. The number of hydrogen-bond acceptors (Lipinski definition) is 3. The molecular formula is C11H13ClO4S. The van der Waals surface area contributed by atoms with Crippen LogP contribution in [0, 0.1) is 0 Å². The predicted octanol–water partition coefficient (Wildman–Crippen LogP) is 1.58. The Labute approximate surface area is 107 Å². The molecule has 0 radical (unpaired) electrons. The van der Waals surface area contributed by atoms with E-state index in [0.29, 0.717) is 4.90 Å². The summed E-state index contributed by atoms with van der Waals surface area (Å²) < 4.78 is 11.1. The molecule has 1 aromatic rings. The summed E-state index contributed by atoms with van der Waals surface area (Å²) in [7, 11) is 0. The van der Waals surface area contributed by atoms with E-state index in [1.54, 1.807) is 30.3 Å². The number of halogens is 1. The Bertz CT molecular complexity index is 360. The molecule has 0 saturated heterocycles. The quantitative estimate of drug-likeness (QED) is 0.611. The van der Waals surface area contributed by atoms with Crippen LogP contribution in [0.5, 0.6) is 0 Å². The predicted molar refractivity (Wildman–Crippen MR) is 65.4 cm³/mol. The molecule has 0 saturated carbocycles. The number of alkyl halides is 1. The van der Waals surface area contributed by atoms with Gasteiger partial charge in [-0.2, -0.15) is 0 Å². The highest BCUT2D eigenvalue weighted by Gasteiger charge is 2.26. The van der Waals surface area contributed by atoms with Crippen molar-refractivity contribution in [3.05, 3.63) is 30.3 Å². The Balaban J connectivity index is 2.53. The SMILES string of the molecule is O=C(O)CC(O)CC(Cl)[S+]([O-])c1ccccc1. The van der Waals surface area contributed by atoms with Gasteiger partial charge in [0.1, 0.15) is 0 Å². The number of rotatable bonds is 6. The molecule has 17 heavy (non-hydrogen) atoms. The zero-order chi connectivity index (χ0) is 12.8. The van der Waals surface area contributed by atoms with Crippen molar-refractivity contribution in [2.24, 2.45) is 0 Å². The van der Waals surface area contributed by atoms with Crippen LogP contribution < -0.4 is 0 Å². The minimum Gasteiger partial charge on any atom is -0.610 e. The molecule has 0 aliphatic carbocycles. The summed E-state index contributed by atoms with van der Waals surface area (Å²) in [4.78, 5) is 10.9. The van der Waals surface area contributed by atoms with Crippen LogP contribution in [0.4, 0.5) is 0 Å². The number of carboxylic acid groups (broad SMARTS) is 1. The zero-order valence-electron chi connectivity index (χ0n) is 8.95. The summed E-state index contributed by atoms with van der Waals surface area (Å²) in [6.07, 6.45) is -1.49. The van der Waals surface area contributed by atoms with E-state index in [1.165, 1.54) is 0 Å². The van der Waals surface area contributed by atoms with Gasteiger partial charge in [0, 0.05) is 17.6 Å². The number of carbonyl (C=O) groups is 1. The standard InChI is InChI=1S/C11H13ClO4S/c12-10(6-8(13)7-11(14)15)17(16)9-4-2-1-3-5-9/h1-5,8,10,13H,6-7H2,(H,14,15). The maximum absolute atomic E-state index is 11.9. The highest BCUT2D eigenvalue weighted by molar-refractivity contribution is 7.93. The smallest absolute Gasteiger partial charge is 0.305 e. The average molecular weight is 277 g/mol. The summed E-state index contributed by atoms with van der Waals surface area (Å²) in [5, 5.41) is 17.9. The first kappa shape index (κ1) is 14.3. The summed E-state index contributed by atoms with van der Waals surface area (Å²) in [5.74, 6) is -1.10. The third-order valence-corrected chi connectivity index (χ3v) is 4.13. The van der Waals surface area contributed by atoms with E-state index in [0.717, 1.165) is 0 Å². The third kappa shape index (κ3) is 4.95. The van der Waals surface area contributed by atoms with Crippen LogP contribution in [-0.2, 0) is 16.0 Å². The van der Waals surface area contributed by atoms with Crippen LogP contribution >= 0.6 is 11.6 Å². The van der Waals surface area contributed by atoms with Gasteiger partial charge in [0.25, 0.3) is 0 Å². The second kappa shape index (κ2) is 6.86. The van der Waals surface area contributed by atoms with Crippen molar-refractivity contribution in [2.75, 3.05) is 0 Å². The summed E-state index contributed by atoms with van der Waals surface area (Å²) in [6.45, 7) is 0. The number of hydrogen-bond donors (Lipinski definition) is 2. The highest BCUT2D eigenvalue weighted by atomic mass is 35.5. The fourth-order valence-corrected chi connectivity index (χ4v) is 2.92. The summed E-state index contributed by atoms with van der Waals surface area (Å²) in [6, 6.07) is 8.63. The first-order chi connectivity index (χ1) is 8.00. The Morgan fingerprint density at radius 2 is 2.00 bits per heavy atom. The maximum Gasteiger partial charge on any atom is 0.305 e. The van der Waals surface area contributed by atoms with Crippen molar-refractivity contribution in [1.82, 2.24) is 0 Å². The minimum atomic E-state index is -1.45. The molecule has 1 rings (SSSR count). The van der Waals surface area contributed by atoms with Crippen LogP contribution in [0.1, 0.15) is 12.8 Å². The monoisotopic (exact) mass is 276 g/mol. The molecule has 4 nitrogen and oxygen atoms in total. The first-order valence-corrected chi connectivity index (χ1v) is 6.65. The van der Waals surface area contributed by atoms with Gasteiger partial charge >= 0.3 is 5.97 Å². The van der Waals surface area contributed by atoms with Crippen molar-refractivity contribution in [2.45, 2.75) is 28.6 Å². The highest BCUT2D eigenvalue weighted by Crippen LogP contribution is 2.22. The zero-order valence-corrected chi connectivity index (χ0v) is 10.5. The topological polar surface area (TPSA) is 80.6 Å². The molecule has 2 N–H and O–H groups in total. The number of aliphatic carboxylic acids is 1. The molecule has 0 aliphatic heterocycles. The first-order valence-electron chi connectivity index (χ1n) is 5.00. The van der Waals surface area contributed by atoms with Gasteiger partial charge in [0.2, 0.25) is 0 Å². The number of aliphatic hydroxyl groups excluding tert-OH is 1. The number of aliphatic hydroxyl groups is 1.